The second-order valence-corrected chi connectivity index (χ2v) is 9.32. The van der Waals surface area contributed by atoms with Crippen molar-refractivity contribution in [3.8, 4) is 11.5 Å². The summed E-state index contributed by atoms with van der Waals surface area (Å²) >= 11 is 7.13. The first kappa shape index (κ1) is 23.8. The number of benzene rings is 2. The van der Waals surface area contributed by atoms with E-state index < -0.39 is 22.5 Å². The molecular formula is C24H18ClN3O7S. The molecule has 3 heterocycles. The topological polar surface area (TPSA) is 122 Å². The van der Waals surface area contributed by atoms with Crippen molar-refractivity contribution in [1.29, 1.82) is 0 Å². The molecule has 0 amide bonds. The predicted octanol–water partition coefficient (Wildman–Crippen LogP) is 3.09. The molecule has 0 saturated carbocycles. The number of hydrogen-bond acceptors (Lipinski definition) is 9. The minimum atomic E-state index is -0.813. The van der Waals surface area contributed by atoms with Crippen LogP contribution in [0.15, 0.2) is 57.5 Å². The van der Waals surface area contributed by atoms with E-state index in [9.17, 15) is 19.7 Å². The molecule has 12 heteroatoms. The number of hydrogen-bond donors (Lipinski definition) is 0. The Hall–Kier alpha value is -3.96. The van der Waals surface area contributed by atoms with Crippen molar-refractivity contribution in [3.63, 3.8) is 0 Å². The summed E-state index contributed by atoms with van der Waals surface area (Å²) in [5, 5.41) is 12.2. The van der Waals surface area contributed by atoms with E-state index >= 15 is 0 Å². The van der Waals surface area contributed by atoms with E-state index in [2.05, 4.69) is 4.99 Å². The summed E-state index contributed by atoms with van der Waals surface area (Å²) in [5.74, 6) is 0.0243. The summed E-state index contributed by atoms with van der Waals surface area (Å²) in [6.45, 7) is 3.48. The molecule has 2 aliphatic heterocycles. The van der Waals surface area contributed by atoms with Gasteiger partial charge in [-0.15, -0.1) is 0 Å². The van der Waals surface area contributed by atoms with Gasteiger partial charge in [-0.1, -0.05) is 35.1 Å². The Bertz CT molecular complexity index is 1620. The second kappa shape index (κ2) is 9.25. The average Bonchev–Trinajstić information content (AvgIpc) is 3.42. The van der Waals surface area contributed by atoms with Gasteiger partial charge >= 0.3 is 5.97 Å². The summed E-state index contributed by atoms with van der Waals surface area (Å²) in [4.78, 5) is 42.6. The number of carbonyl (C=O) groups is 1. The summed E-state index contributed by atoms with van der Waals surface area (Å²) in [6, 6.07) is 8.71. The van der Waals surface area contributed by atoms with E-state index in [1.807, 2.05) is 0 Å². The van der Waals surface area contributed by atoms with Gasteiger partial charge in [0.05, 0.1) is 45.0 Å². The lowest BCUT2D eigenvalue weighted by Crippen LogP contribution is -2.39. The van der Waals surface area contributed by atoms with Gasteiger partial charge < -0.3 is 14.2 Å². The number of thiazole rings is 1. The molecule has 2 aliphatic rings. The van der Waals surface area contributed by atoms with Crippen LogP contribution in [0.3, 0.4) is 0 Å². The van der Waals surface area contributed by atoms with E-state index in [0.29, 0.717) is 26.8 Å². The molecule has 0 unspecified atom stereocenters. The van der Waals surface area contributed by atoms with Crippen LogP contribution in [0.2, 0.25) is 5.02 Å². The van der Waals surface area contributed by atoms with Crippen LogP contribution < -0.4 is 24.4 Å². The smallest absolute Gasteiger partial charge is 0.338 e. The standard InChI is InChI=1S/C24H18ClN3O7S/c1-3-33-23(30)20-12(2)26-24-27(21(20)13-4-6-15(25)7-5-13)22(29)19(36-24)9-14-8-17-18(35-11-34-17)10-16(14)28(31)32/h4-10,21H,3,11H2,1-2H3/b19-9-/t21-/m1/s1. The first-order chi connectivity index (χ1) is 17.3. The van der Waals surface area contributed by atoms with Gasteiger partial charge in [0, 0.05) is 5.02 Å². The van der Waals surface area contributed by atoms with Gasteiger partial charge in [0.1, 0.15) is 0 Å². The number of nitrogens with zero attached hydrogens (tertiary/aromatic N) is 3. The Balaban J connectivity index is 1.73. The summed E-state index contributed by atoms with van der Waals surface area (Å²) in [6.07, 6.45) is 1.42. The van der Waals surface area contributed by atoms with Gasteiger partial charge in [-0.2, -0.15) is 0 Å². The van der Waals surface area contributed by atoms with E-state index in [4.69, 9.17) is 25.8 Å². The zero-order valence-electron chi connectivity index (χ0n) is 19.0. The lowest BCUT2D eigenvalue weighted by atomic mass is 9.96. The maximum absolute atomic E-state index is 13.7. The number of nitro benzene ring substituents is 1. The molecule has 3 aromatic rings. The van der Waals surface area contributed by atoms with Crippen LogP contribution >= 0.6 is 22.9 Å². The van der Waals surface area contributed by atoms with Gasteiger partial charge in [0.15, 0.2) is 16.3 Å². The highest BCUT2D eigenvalue weighted by Crippen LogP contribution is 2.38. The third-order valence-electron chi connectivity index (χ3n) is 5.71. The van der Waals surface area contributed by atoms with Crippen molar-refractivity contribution >= 4 is 40.7 Å². The van der Waals surface area contributed by atoms with Crippen molar-refractivity contribution in [1.82, 2.24) is 4.57 Å². The lowest BCUT2D eigenvalue weighted by molar-refractivity contribution is -0.385. The Labute approximate surface area is 212 Å². The molecule has 36 heavy (non-hydrogen) atoms. The van der Waals surface area contributed by atoms with Crippen LogP contribution in [0.5, 0.6) is 11.5 Å². The third kappa shape index (κ3) is 4.06. The minimum Gasteiger partial charge on any atom is -0.463 e. The lowest BCUT2D eigenvalue weighted by Gasteiger charge is -2.24. The highest BCUT2D eigenvalue weighted by molar-refractivity contribution is 7.07. The zero-order chi connectivity index (χ0) is 25.6. The van der Waals surface area contributed by atoms with Crippen LogP contribution in [0, 0.1) is 10.1 Å². The number of halogens is 1. The zero-order valence-corrected chi connectivity index (χ0v) is 20.6. The molecule has 0 bridgehead atoms. The van der Waals surface area contributed by atoms with Crippen molar-refractivity contribution in [2.24, 2.45) is 4.99 Å². The predicted molar refractivity (Wildman–Crippen MR) is 131 cm³/mol. The summed E-state index contributed by atoms with van der Waals surface area (Å²) in [5.41, 5.74) is 0.766. The molecule has 0 radical (unpaired) electrons. The summed E-state index contributed by atoms with van der Waals surface area (Å²) < 4.78 is 17.5. The van der Waals surface area contributed by atoms with Crippen LogP contribution in [0.25, 0.3) is 6.08 Å². The minimum absolute atomic E-state index is 0.0465. The fraction of sp³-hybridized carbons (Fsp3) is 0.208. The van der Waals surface area contributed by atoms with Crippen LogP contribution in [0.1, 0.15) is 31.0 Å². The Kier molecular flexibility index (Phi) is 6.10. The van der Waals surface area contributed by atoms with E-state index in [0.717, 1.165) is 11.3 Å². The fourth-order valence-electron chi connectivity index (χ4n) is 4.11. The van der Waals surface area contributed by atoms with Gasteiger partial charge in [0.2, 0.25) is 6.79 Å². The first-order valence-electron chi connectivity index (χ1n) is 10.8. The molecule has 10 nitrogen and oxygen atoms in total. The van der Waals surface area contributed by atoms with E-state index in [-0.39, 0.29) is 40.5 Å². The average molecular weight is 528 g/mol. The third-order valence-corrected chi connectivity index (χ3v) is 6.94. The number of ether oxygens (including phenoxy) is 3. The molecule has 1 atom stereocenters. The van der Waals surface area contributed by atoms with Gasteiger partial charge in [-0.05, 0) is 43.7 Å². The molecule has 2 aromatic carbocycles. The maximum atomic E-state index is 13.7. The molecule has 0 N–H and O–H groups in total. The molecule has 0 saturated heterocycles. The van der Waals surface area contributed by atoms with Gasteiger partial charge in [-0.25, -0.2) is 9.79 Å². The van der Waals surface area contributed by atoms with Crippen LogP contribution in [-0.2, 0) is 9.53 Å². The molecule has 0 fully saturated rings. The fourth-order valence-corrected chi connectivity index (χ4v) is 5.28. The number of nitro groups is 1. The van der Waals surface area contributed by atoms with Crippen LogP contribution in [0.4, 0.5) is 5.69 Å². The quantitative estimate of drug-likeness (QED) is 0.284. The molecule has 0 spiro atoms. The van der Waals surface area contributed by atoms with E-state index in [1.54, 1.807) is 38.1 Å². The Morgan fingerprint density at radius 3 is 2.67 bits per heavy atom. The largest absolute Gasteiger partial charge is 0.463 e. The van der Waals surface area contributed by atoms with Crippen molar-refractivity contribution in [2.75, 3.05) is 13.4 Å². The molecular weight excluding hydrogens is 510 g/mol. The number of allylic oxidation sites excluding steroid dienone is 1. The van der Waals surface area contributed by atoms with Crippen molar-refractivity contribution in [2.45, 2.75) is 19.9 Å². The maximum Gasteiger partial charge on any atom is 0.338 e. The molecule has 5 rings (SSSR count). The van der Waals surface area contributed by atoms with Crippen molar-refractivity contribution < 1.29 is 23.9 Å². The number of aromatic nitrogens is 1. The van der Waals surface area contributed by atoms with Gasteiger partial charge in [0.25, 0.3) is 11.2 Å². The monoisotopic (exact) mass is 527 g/mol. The highest BCUT2D eigenvalue weighted by Gasteiger charge is 2.33. The molecule has 1 aromatic heterocycles. The number of fused-ring (bicyclic) bond motifs is 2. The SMILES string of the molecule is CCOC(=O)C1=C(C)N=c2s/c(=C\c3cc4c(cc3[N+](=O)[O-])OCO4)c(=O)n2[C@@H]1c1ccc(Cl)cc1. The van der Waals surface area contributed by atoms with Crippen LogP contribution in [-0.4, -0.2) is 28.9 Å². The van der Waals surface area contributed by atoms with E-state index in [1.165, 1.54) is 22.8 Å². The number of carbonyl (C=O) groups excluding carboxylic acids is 1. The second-order valence-electron chi connectivity index (χ2n) is 7.88. The van der Waals surface area contributed by atoms with Gasteiger partial charge in [-0.3, -0.25) is 19.5 Å². The first-order valence-corrected chi connectivity index (χ1v) is 12.0. The molecule has 0 aliphatic carbocycles. The summed E-state index contributed by atoms with van der Waals surface area (Å²) in [7, 11) is 0. The molecule has 184 valence electrons. The normalized spacial score (nSPS) is 16.5. The van der Waals surface area contributed by atoms with Crippen molar-refractivity contribution in [3.05, 3.63) is 93.6 Å². The number of rotatable bonds is 5. The Morgan fingerprint density at radius 1 is 1.31 bits per heavy atom. The number of esters is 1. The Morgan fingerprint density at radius 2 is 2.00 bits per heavy atom. The highest BCUT2D eigenvalue weighted by atomic mass is 35.5.